The second-order valence-electron chi connectivity index (χ2n) is 9.18. The number of fused-ring (bicyclic) bond motifs is 3. The SMILES string of the molecule is Cc1ccc(NC(=O)[C@@H](C)NC(=O)[C@@H]2O[C@@H]3OC(C)(C)O[C@@H]3[C@H]3OC(C)(C)O[C@H]32)cc1. The molecule has 0 bridgehead atoms. The van der Waals surface area contributed by atoms with Crippen LogP contribution in [0.4, 0.5) is 5.69 Å². The van der Waals surface area contributed by atoms with E-state index in [4.69, 9.17) is 23.7 Å². The second-order valence-corrected chi connectivity index (χ2v) is 9.18. The summed E-state index contributed by atoms with van der Waals surface area (Å²) in [5, 5.41) is 5.50. The number of hydrogen-bond acceptors (Lipinski definition) is 7. The first-order valence-corrected chi connectivity index (χ1v) is 10.5. The molecule has 2 N–H and O–H groups in total. The number of anilines is 1. The number of nitrogens with one attached hydrogen (secondary N) is 2. The van der Waals surface area contributed by atoms with Gasteiger partial charge in [0, 0.05) is 5.69 Å². The summed E-state index contributed by atoms with van der Waals surface area (Å²) in [6.45, 7) is 10.7. The van der Waals surface area contributed by atoms with Crippen LogP contribution >= 0.6 is 0 Å². The van der Waals surface area contributed by atoms with Crippen LogP contribution in [0.3, 0.4) is 0 Å². The first-order valence-electron chi connectivity index (χ1n) is 10.5. The smallest absolute Gasteiger partial charge is 0.252 e. The Morgan fingerprint density at radius 1 is 0.903 bits per heavy atom. The van der Waals surface area contributed by atoms with Crippen LogP contribution in [0.1, 0.15) is 40.2 Å². The molecule has 3 aliphatic heterocycles. The third kappa shape index (κ3) is 4.61. The molecule has 0 radical (unpaired) electrons. The number of hydrogen-bond donors (Lipinski definition) is 2. The molecule has 3 saturated heterocycles. The van der Waals surface area contributed by atoms with E-state index in [0.29, 0.717) is 5.69 Å². The summed E-state index contributed by atoms with van der Waals surface area (Å²) < 4.78 is 29.7. The number of ether oxygens (including phenoxy) is 5. The maximum absolute atomic E-state index is 13.1. The van der Waals surface area contributed by atoms with Gasteiger partial charge >= 0.3 is 0 Å². The molecule has 0 spiro atoms. The topological polar surface area (TPSA) is 104 Å². The lowest BCUT2D eigenvalue weighted by Gasteiger charge is -2.36. The number of benzene rings is 1. The van der Waals surface area contributed by atoms with Crippen molar-refractivity contribution in [2.75, 3.05) is 5.32 Å². The van der Waals surface area contributed by atoms with E-state index in [0.717, 1.165) is 5.56 Å². The van der Waals surface area contributed by atoms with E-state index in [-0.39, 0.29) is 5.91 Å². The average molecular weight is 434 g/mol. The first-order chi connectivity index (χ1) is 14.4. The summed E-state index contributed by atoms with van der Waals surface area (Å²) >= 11 is 0. The summed E-state index contributed by atoms with van der Waals surface area (Å²) in [5.41, 5.74) is 1.74. The van der Waals surface area contributed by atoms with Gasteiger partial charge in [0.1, 0.15) is 24.4 Å². The standard InChI is InChI=1S/C22H30N2O7/c1-11-7-9-13(10-8-11)24-18(25)12(2)23-19(26)16-14-15(29-21(3,4)28-14)17-20(27-16)31-22(5,6)30-17/h7-10,12,14-17,20H,1-6H3,(H,23,26)(H,24,25)/t12-,14-,15+,16-,17-,20-/m1/s1. The highest BCUT2D eigenvalue weighted by atomic mass is 16.9. The van der Waals surface area contributed by atoms with Gasteiger partial charge in [-0.25, -0.2) is 0 Å². The summed E-state index contributed by atoms with van der Waals surface area (Å²) in [6, 6.07) is 6.62. The number of carbonyl (C=O) groups excluding carboxylic acids is 2. The van der Waals surface area contributed by atoms with Crippen LogP contribution in [-0.2, 0) is 33.3 Å². The Balaban J connectivity index is 1.44. The van der Waals surface area contributed by atoms with E-state index < -0.39 is 54.2 Å². The third-order valence-electron chi connectivity index (χ3n) is 5.48. The molecule has 1 aromatic rings. The molecule has 1 aromatic carbocycles. The molecule has 3 aliphatic rings. The van der Waals surface area contributed by atoms with Crippen molar-refractivity contribution in [3.05, 3.63) is 29.8 Å². The van der Waals surface area contributed by atoms with E-state index in [9.17, 15) is 9.59 Å². The summed E-state index contributed by atoms with van der Waals surface area (Å²) in [7, 11) is 0. The van der Waals surface area contributed by atoms with Crippen LogP contribution in [0.5, 0.6) is 0 Å². The van der Waals surface area contributed by atoms with Gasteiger partial charge in [-0.2, -0.15) is 0 Å². The Morgan fingerprint density at radius 2 is 1.48 bits per heavy atom. The highest BCUT2D eigenvalue weighted by Gasteiger charge is 2.62. The number of rotatable bonds is 4. The third-order valence-corrected chi connectivity index (χ3v) is 5.48. The van der Waals surface area contributed by atoms with Crippen LogP contribution in [-0.4, -0.2) is 60.1 Å². The molecule has 6 atom stereocenters. The molecule has 0 aliphatic carbocycles. The predicted molar refractivity (Wildman–Crippen MR) is 110 cm³/mol. The van der Waals surface area contributed by atoms with E-state index in [1.807, 2.05) is 31.2 Å². The van der Waals surface area contributed by atoms with Gasteiger partial charge in [0.2, 0.25) is 5.91 Å². The number of amides is 2. The van der Waals surface area contributed by atoms with Crippen LogP contribution in [0.25, 0.3) is 0 Å². The van der Waals surface area contributed by atoms with E-state index in [1.165, 1.54) is 0 Å². The van der Waals surface area contributed by atoms with Crippen LogP contribution < -0.4 is 10.6 Å². The molecular formula is C22H30N2O7. The van der Waals surface area contributed by atoms with Gasteiger partial charge in [-0.3, -0.25) is 9.59 Å². The zero-order chi connectivity index (χ0) is 22.6. The maximum Gasteiger partial charge on any atom is 0.252 e. The van der Waals surface area contributed by atoms with Crippen molar-refractivity contribution in [2.45, 2.75) is 89.9 Å². The molecule has 0 aromatic heterocycles. The Labute approximate surface area is 181 Å². The van der Waals surface area contributed by atoms with Crippen molar-refractivity contribution >= 4 is 17.5 Å². The fourth-order valence-electron chi connectivity index (χ4n) is 4.07. The van der Waals surface area contributed by atoms with Gasteiger partial charge in [-0.1, -0.05) is 17.7 Å². The molecule has 170 valence electrons. The van der Waals surface area contributed by atoms with E-state index in [2.05, 4.69) is 10.6 Å². The molecular weight excluding hydrogens is 404 g/mol. The van der Waals surface area contributed by atoms with Gasteiger partial charge in [0.05, 0.1) is 0 Å². The van der Waals surface area contributed by atoms with Crippen molar-refractivity contribution < 1.29 is 33.3 Å². The molecule has 9 nitrogen and oxygen atoms in total. The molecule has 0 unspecified atom stereocenters. The Bertz CT molecular complexity index is 854. The lowest BCUT2D eigenvalue weighted by molar-refractivity contribution is -0.231. The Morgan fingerprint density at radius 3 is 2.16 bits per heavy atom. The normalized spacial score (nSPS) is 33.8. The second kappa shape index (κ2) is 7.83. The summed E-state index contributed by atoms with van der Waals surface area (Å²) in [4.78, 5) is 25.6. The summed E-state index contributed by atoms with van der Waals surface area (Å²) in [5.74, 6) is -2.60. The van der Waals surface area contributed by atoms with Crippen molar-refractivity contribution in [3.63, 3.8) is 0 Å². The average Bonchev–Trinajstić information content (AvgIpc) is 3.16. The van der Waals surface area contributed by atoms with Gasteiger partial charge in [0.15, 0.2) is 24.0 Å². The highest BCUT2D eigenvalue weighted by molar-refractivity contribution is 5.97. The van der Waals surface area contributed by atoms with Crippen LogP contribution in [0.15, 0.2) is 24.3 Å². The lowest BCUT2D eigenvalue weighted by atomic mass is 9.98. The van der Waals surface area contributed by atoms with Crippen molar-refractivity contribution in [1.29, 1.82) is 0 Å². The molecule has 9 heteroatoms. The monoisotopic (exact) mass is 434 g/mol. The molecule has 3 fully saturated rings. The predicted octanol–water partition coefficient (Wildman–Crippen LogP) is 1.83. The fraction of sp³-hybridized carbons (Fsp3) is 0.636. The highest BCUT2D eigenvalue weighted by Crippen LogP contribution is 2.44. The molecule has 4 rings (SSSR count). The zero-order valence-corrected chi connectivity index (χ0v) is 18.6. The largest absolute Gasteiger partial charge is 0.342 e. The Kier molecular flexibility index (Phi) is 5.60. The van der Waals surface area contributed by atoms with Gasteiger partial charge in [-0.05, 0) is 53.7 Å². The zero-order valence-electron chi connectivity index (χ0n) is 18.6. The molecule has 0 saturated carbocycles. The van der Waals surface area contributed by atoms with Crippen molar-refractivity contribution in [3.8, 4) is 0 Å². The number of carbonyl (C=O) groups is 2. The molecule has 2 amide bonds. The quantitative estimate of drug-likeness (QED) is 0.745. The van der Waals surface area contributed by atoms with Gasteiger partial charge in [0.25, 0.3) is 5.91 Å². The Hall–Kier alpha value is -2.04. The van der Waals surface area contributed by atoms with Gasteiger partial charge < -0.3 is 34.3 Å². The van der Waals surface area contributed by atoms with E-state index >= 15 is 0 Å². The minimum atomic E-state index is -1.01. The minimum absolute atomic E-state index is 0.340. The summed E-state index contributed by atoms with van der Waals surface area (Å²) in [6.07, 6.45) is -3.54. The van der Waals surface area contributed by atoms with E-state index in [1.54, 1.807) is 34.6 Å². The van der Waals surface area contributed by atoms with Crippen LogP contribution in [0, 0.1) is 6.92 Å². The fourth-order valence-corrected chi connectivity index (χ4v) is 4.07. The molecule has 3 heterocycles. The first kappa shape index (κ1) is 22.2. The van der Waals surface area contributed by atoms with Gasteiger partial charge in [-0.15, -0.1) is 0 Å². The van der Waals surface area contributed by atoms with Crippen molar-refractivity contribution in [1.82, 2.24) is 5.32 Å². The lowest BCUT2D eigenvalue weighted by Crippen LogP contribution is -2.60. The minimum Gasteiger partial charge on any atom is -0.342 e. The maximum atomic E-state index is 13.1. The van der Waals surface area contributed by atoms with Crippen molar-refractivity contribution in [2.24, 2.45) is 0 Å². The number of aryl methyl sites for hydroxylation is 1. The van der Waals surface area contributed by atoms with Crippen LogP contribution in [0.2, 0.25) is 0 Å². The molecule has 31 heavy (non-hydrogen) atoms.